The normalized spacial score (nSPS) is 14.0. The van der Waals surface area contributed by atoms with Crippen molar-refractivity contribution in [3.05, 3.63) is 48.2 Å². The SMILES string of the molecule is C\C=C/C=C(N)/C=C\C=C/CC. The second kappa shape index (κ2) is 7.86. The monoisotopic (exact) mass is 163 g/mol. The number of nitrogens with two attached hydrogens (primary N) is 1. The molecule has 12 heavy (non-hydrogen) atoms. The van der Waals surface area contributed by atoms with E-state index in [1.807, 2.05) is 43.4 Å². The Morgan fingerprint density at radius 3 is 2.58 bits per heavy atom. The molecule has 0 aliphatic carbocycles. The van der Waals surface area contributed by atoms with Crippen molar-refractivity contribution in [3.63, 3.8) is 0 Å². The van der Waals surface area contributed by atoms with E-state index in [9.17, 15) is 0 Å². The molecule has 0 amide bonds. The van der Waals surface area contributed by atoms with Crippen molar-refractivity contribution in [1.82, 2.24) is 0 Å². The third kappa shape index (κ3) is 6.87. The summed E-state index contributed by atoms with van der Waals surface area (Å²) in [5.74, 6) is 0. The van der Waals surface area contributed by atoms with Crippen LogP contribution in [0.25, 0.3) is 0 Å². The Bertz CT molecular complexity index is 207. The standard InChI is InChI=1S/C11H17N/c1-3-5-7-8-10-11(12)9-6-4-2/h4-10H,3,12H2,1-2H3/b6-4-,7-5-,10-8-,11-9-. The summed E-state index contributed by atoms with van der Waals surface area (Å²) in [7, 11) is 0. The molecule has 0 saturated carbocycles. The van der Waals surface area contributed by atoms with Gasteiger partial charge in [0.1, 0.15) is 0 Å². The van der Waals surface area contributed by atoms with Gasteiger partial charge in [0.25, 0.3) is 0 Å². The molecule has 0 spiro atoms. The van der Waals surface area contributed by atoms with Crippen LogP contribution in [0.3, 0.4) is 0 Å². The smallest absolute Gasteiger partial charge is 0.0313 e. The van der Waals surface area contributed by atoms with E-state index in [0.29, 0.717) is 0 Å². The molecule has 0 fully saturated rings. The topological polar surface area (TPSA) is 26.0 Å². The first-order chi connectivity index (χ1) is 5.81. The summed E-state index contributed by atoms with van der Waals surface area (Å²) in [6, 6.07) is 0. The van der Waals surface area contributed by atoms with Gasteiger partial charge in [-0.1, -0.05) is 37.3 Å². The van der Waals surface area contributed by atoms with Crippen molar-refractivity contribution in [3.8, 4) is 0 Å². The molecule has 0 radical (unpaired) electrons. The first-order valence-corrected chi connectivity index (χ1v) is 4.23. The number of allylic oxidation sites excluding steroid dienone is 7. The summed E-state index contributed by atoms with van der Waals surface area (Å²) in [5, 5.41) is 0. The van der Waals surface area contributed by atoms with Crippen LogP contribution >= 0.6 is 0 Å². The zero-order chi connectivity index (χ0) is 9.23. The molecule has 0 atom stereocenters. The van der Waals surface area contributed by atoms with Crippen LogP contribution in [0.4, 0.5) is 0 Å². The highest BCUT2D eigenvalue weighted by atomic mass is 14.5. The van der Waals surface area contributed by atoms with Gasteiger partial charge in [-0.25, -0.2) is 0 Å². The van der Waals surface area contributed by atoms with Crippen molar-refractivity contribution < 1.29 is 0 Å². The highest BCUT2D eigenvalue weighted by Crippen LogP contribution is 1.89. The lowest BCUT2D eigenvalue weighted by atomic mass is 10.3. The van der Waals surface area contributed by atoms with E-state index in [0.717, 1.165) is 12.1 Å². The minimum Gasteiger partial charge on any atom is -0.399 e. The van der Waals surface area contributed by atoms with Gasteiger partial charge in [0.15, 0.2) is 0 Å². The fourth-order valence-corrected chi connectivity index (χ4v) is 0.644. The summed E-state index contributed by atoms with van der Waals surface area (Å²) in [6.45, 7) is 4.06. The maximum atomic E-state index is 5.63. The maximum Gasteiger partial charge on any atom is 0.0313 e. The molecule has 0 bridgehead atoms. The molecule has 66 valence electrons. The van der Waals surface area contributed by atoms with Crippen LogP contribution in [0.15, 0.2) is 48.2 Å². The van der Waals surface area contributed by atoms with Crippen LogP contribution in [0, 0.1) is 0 Å². The zero-order valence-electron chi connectivity index (χ0n) is 7.83. The van der Waals surface area contributed by atoms with Gasteiger partial charge in [0.2, 0.25) is 0 Å². The number of rotatable bonds is 4. The Kier molecular flexibility index (Phi) is 7.05. The zero-order valence-corrected chi connectivity index (χ0v) is 7.83. The summed E-state index contributed by atoms with van der Waals surface area (Å²) in [4.78, 5) is 0. The molecule has 0 aromatic heterocycles. The van der Waals surface area contributed by atoms with Gasteiger partial charge in [0, 0.05) is 5.70 Å². The first-order valence-electron chi connectivity index (χ1n) is 4.23. The number of hydrogen-bond donors (Lipinski definition) is 1. The average Bonchev–Trinajstić information content (AvgIpc) is 2.09. The largest absolute Gasteiger partial charge is 0.399 e. The quantitative estimate of drug-likeness (QED) is 0.633. The van der Waals surface area contributed by atoms with Crippen LogP contribution < -0.4 is 5.73 Å². The molecule has 2 N–H and O–H groups in total. The molecule has 0 unspecified atom stereocenters. The number of hydrogen-bond acceptors (Lipinski definition) is 1. The highest BCUT2D eigenvalue weighted by Gasteiger charge is 1.75. The minimum absolute atomic E-state index is 0.772. The maximum absolute atomic E-state index is 5.63. The van der Waals surface area contributed by atoms with Crippen molar-refractivity contribution in [2.75, 3.05) is 0 Å². The van der Waals surface area contributed by atoms with Crippen LogP contribution in [0.2, 0.25) is 0 Å². The Morgan fingerprint density at radius 1 is 1.25 bits per heavy atom. The summed E-state index contributed by atoms with van der Waals surface area (Å²) in [6.07, 6.45) is 14.7. The van der Waals surface area contributed by atoms with Crippen LogP contribution in [0.1, 0.15) is 20.3 Å². The average molecular weight is 163 g/mol. The molecule has 1 nitrogen and oxygen atoms in total. The molecular formula is C11H17N. The van der Waals surface area contributed by atoms with E-state index < -0.39 is 0 Å². The van der Waals surface area contributed by atoms with Crippen molar-refractivity contribution in [2.45, 2.75) is 20.3 Å². The van der Waals surface area contributed by atoms with Gasteiger partial charge in [-0.05, 0) is 25.5 Å². The second-order valence-electron chi connectivity index (χ2n) is 2.39. The third-order valence-electron chi connectivity index (χ3n) is 1.25. The van der Waals surface area contributed by atoms with E-state index in [1.54, 1.807) is 0 Å². The third-order valence-corrected chi connectivity index (χ3v) is 1.25. The first kappa shape index (κ1) is 10.8. The van der Waals surface area contributed by atoms with Crippen LogP contribution in [0.5, 0.6) is 0 Å². The summed E-state index contributed by atoms with van der Waals surface area (Å²) < 4.78 is 0. The van der Waals surface area contributed by atoms with Gasteiger partial charge >= 0.3 is 0 Å². The molecule has 0 heterocycles. The van der Waals surface area contributed by atoms with E-state index in [2.05, 4.69) is 13.0 Å². The van der Waals surface area contributed by atoms with Crippen LogP contribution in [-0.4, -0.2) is 0 Å². The van der Waals surface area contributed by atoms with E-state index in [4.69, 9.17) is 5.73 Å². The summed E-state index contributed by atoms with van der Waals surface area (Å²) in [5.41, 5.74) is 6.40. The molecule has 1 heteroatoms. The van der Waals surface area contributed by atoms with Crippen LogP contribution in [-0.2, 0) is 0 Å². The Labute approximate surface area is 75.0 Å². The van der Waals surface area contributed by atoms with E-state index >= 15 is 0 Å². The van der Waals surface area contributed by atoms with Gasteiger partial charge in [-0.15, -0.1) is 0 Å². The van der Waals surface area contributed by atoms with E-state index in [-0.39, 0.29) is 0 Å². The molecular weight excluding hydrogens is 146 g/mol. The molecule has 0 saturated heterocycles. The molecule has 0 aliphatic rings. The Hall–Kier alpha value is -1.24. The molecule has 0 aromatic carbocycles. The lowest BCUT2D eigenvalue weighted by molar-refractivity contribution is 1.22. The minimum atomic E-state index is 0.772. The summed E-state index contributed by atoms with van der Waals surface area (Å²) >= 11 is 0. The lowest BCUT2D eigenvalue weighted by Crippen LogP contribution is -1.90. The van der Waals surface area contributed by atoms with Gasteiger partial charge < -0.3 is 5.73 Å². The predicted molar refractivity (Wildman–Crippen MR) is 55.7 cm³/mol. The predicted octanol–water partition coefficient (Wildman–Crippen LogP) is 2.93. The molecule has 0 aliphatic heterocycles. The molecule has 0 aromatic rings. The molecule has 0 rings (SSSR count). The van der Waals surface area contributed by atoms with E-state index in [1.165, 1.54) is 0 Å². The van der Waals surface area contributed by atoms with Gasteiger partial charge in [-0.2, -0.15) is 0 Å². The van der Waals surface area contributed by atoms with Crippen molar-refractivity contribution in [1.29, 1.82) is 0 Å². The Morgan fingerprint density at radius 2 is 2.00 bits per heavy atom. The fourth-order valence-electron chi connectivity index (χ4n) is 0.644. The van der Waals surface area contributed by atoms with Crippen molar-refractivity contribution in [2.24, 2.45) is 5.73 Å². The second-order valence-corrected chi connectivity index (χ2v) is 2.39. The van der Waals surface area contributed by atoms with Crippen molar-refractivity contribution >= 4 is 0 Å². The van der Waals surface area contributed by atoms with Gasteiger partial charge in [-0.3, -0.25) is 0 Å². The fraction of sp³-hybridized carbons (Fsp3) is 0.273. The Balaban J connectivity index is 3.90. The highest BCUT2D eigenvalue weighted by molar-refractivity contribution is 5.23. The van der Waals surface area contributed by atoms with Gasteiger partial charge in [0.05, 0.1) is 0 Å². The lowest BCUT2D eigenvalue weighted by Gasteiger charge is -1.86.